The van der Waals surface area contributed by atoms with Crippen LogP contribution >= 0.6 is 23.2 Å². The van der Waals surface area contributed by atoms with Crippen molar-refractivity contribution in [3.05, 3.63) is 98.5 Å². The van der Waals surface area contributed by atoms with Gasteiger partial charge < -0.3 is 10.2 Å². The van der Waals surface area contributed by atoms with Crippen LogP contribution in [0.4, 0.5) is 11.4 Å². The Hall–Kier alpha value is -3.67. The Morgan fingerprint density at radius 3 is 2.14 bits per heavy atom. The number of nitrogens with zero attached hydrogens (tertiary/aromatic N) is 3. The number of non-ortho nitro benzene ring substituents is 1. The number of nitro benzene ring substituents is 1. The molecule has 1 fully saturated rings. The van der Waals surface area contributed by atoms with Crippen LogP contribution in [-0.2, 0) is 26.2 Å². The number of nitro groups is 1. The molecule has 0 heterocycles. The maximum Gasteiger partial charge on any atom is 0.269 e. The minimum absolute atomic E-state index is 0.0128. The molecule has 13 heteroatoms. The number of hydrogen-bond donors (Lipinski definition) is 1. The Balaban J connectivity index is 1.74. The summed E-state index contributed by atoms with van der Waals surface area (Å²) in [5, 5.41) is 14.9. The first-order chi connectivity index (χ1) is 21.0. The lowest BCUT2D eigenvalue weighted by molar-refractivity contribution is -0.384. The van der Waals surface area contributed by atoms with Gasteiger partial charge in [-0.15, -0.1) is 0 Å². The van der Waals surface area contributed by atoms with E-state index in [0.29, 0.717) is 15.6 Å². The van der Waals surface area contributed by atoms with E-state index in [2.05, 4.69) is 5.32 Å². The van der Waals surface area contributed by atoms with Crippen molar-refractivity contribution in [2.24, 2.45) is 0 Å². The standard InChI is InChI=1S/C31H34Cl2N4O6S/c1-2-29(31(39)34-22-10-5-3-6-11-22)35(20-26-27(32)14-9-15-28(26)33)30(38)21-36(23-16-18-24(19-17-23)37(40)41)44(42,43)25-12-7-4-8-13-25/h4,7-9,12-19,22,29H,2-3,5-6,10-11,20-21H2,1H3,(H,34,39)/t29-/m0/s1. The average molecular weight is 662 g/mol. The van der Waals surface area contributed by atoms with Crippen LogP contribution in [0.3, 0.4) is 0 Å². The van der Waals surface area contributed by atoms with E-state index in [1.54, 1.807) is 43.3 Å². The summed E-state index contributed by atoms with van der Waals surface area (Å²) in [5.41, 5.74) is 0.224. The summed E-state index contributed by atoms with van der Waals surface area (Å²) in [6.45, 7) is 0.937. The minimum atomic E-state index is -4.32. The Morgan fingerprint density at radius 1 is 0.955 bits per heavy atom. The first-order valence-electron chi connectivity index (χ1n) is 14.4. The van der Waals surface area contributed by atoms with Gasteiger partial charge >= 0.3 is 0 Å². The van der Waals surface area contributed by atoms with E-state index in [1.165, 1.54) is 41.3 Å². The Bertz CT molecular complexity index is 1560. The zero-order valence-electron chi connectivity index (χ0n) is 24.2. The van der Waals surface area contributed by atoms with Gasteiger partial charge in [-0.05, 0) is 55.7 Å². The maximum atomic E-state index is 14.2. The molecule has 2 amide bonds. The number of anilines is 1. The number of carbonyl (C=O) groups is 2. The second kappa shape index (κ2) is 14.9. The highest BCUT2D eigenvalue weighted by atomic mass is 35.5. The molecule has 1 aliphatic rings. The van der Waals surface area contributed by atoms with Gasteiger partial charge in [-0.2, -0.15) is 0 Å². The van der Waals surface area contributed by atoms with E-state index < -0.39 is 33.4 Å². The first-order valence-corrected chi connectivity index (χ1v) is 16.6. The molecule has 1 aliphatic carbocycles. The number of amides is 2. The van der Waals surface area contributed by atoms with Crippen molar-refractivity contribution in [3.63, 3.8) is 0 Å². The quantitative estimate of drug-likeness (QED) is 0.178. The predicted octanol–water partition coefficient (Wildman–Crippen LogP) is 6.35. The van der Waals surface area contributed by atoms with E-state index in [1.807, 2.05) is 0 Å². The second-order valence-electron chi connectivity index (χ2n) is 10.6. The molecule has 0 aromatic heterocycles. The zero-order chi connectivity index (χ0) is 31.9. The molecule has 0 unspecified atom stereocenters. The topological polar surface area (TPSA) is 130 Å². The predicted molar refractivity (Wildman–Crippen MR) is 170 cm³/mol. The Kier molecular flexibility index (Phi) is 11.2. The van der Waals surface area contributed by atoms with Crippen LogP contribution in [-0.4, -0.2) is 48.7 Å². The lowest BCUT2D eigenvalue weighted by Gasteiger charge is -2.34. The molecular weight excluding hydrogens is 627 g/mol. The molecule has 44 heavy (non-hydrogen) atoms. The van der Waals surface area contributed by atoms with Crippen molar-refractivity contribution >= 4 is 56.4 Å². The average Bonchev–Trinajstić information content (AvgIpc) is 3.02. The molecule has 234 valence electrons. The fraction of sp³-hybridized carbons (Fsp3) is 0.355. The van der Waals surface area contributed by atoms with Gasteiger partial charge in [0.25, 0.3) is 15.7 Å². The highest BCUT2D eigenvalue weighted by molar-refractivity contribution is 7.92. The van der Waals surface area contributed by atoms with Gasteiger partial charge in [0.15, 0.2) is 0 Å². The number of rotatable bonds is 12. The third kappa shape index (κ3) is 7.88. The molecule has 1 saturated carbocycles. The summed E-state index contributed by atoms with van der Waals surface area (Å²) in [6.07, 6.45) is 5.04. The molecule has 0 spiro atoms. The Labute approximate surface area is 267 Å². The fourth-order valence-electron chi connectivity index (χ4n) is 5.31. The summed E-state index contributed by atoms with van der Waals surface area (Å²) < 4.78 is 28.7. The number of sulfonamides is 1. The molecule has 0 radical (unpaired) electrons. The van der Waals surface area contributed by atoms with Crippen molar-refractivity contribution in [2.45, 2.75) is 69.0 Å². The number of nitrogens with one attached hydrogen (secondary N) is 1. The molecule has 3 aromatic carbocycles. The van der Waals surface area contributed by atoms with E-state index in [0.717, 1.165) is 36.4 Å². The van der Waals surface area contributed by atoms with E-state index in [4.69, 9.17) is 23.2 Å². The normalized spacial score (nSPS) is 14.4. The van der Waals surface area contributed by atoms with Crippen molar-refractivity contribution < 1.29 is 22.9 Å². The van der Waals surface area contributed by atoms with Gasteiger partial charge in [-0.1, -0.05) is 73.7 Å². The van der Waals surface area contributed by atoms with Crippen LogP contribution in [0.5, 0.6) is 0 Å². The first kappa shape index (κ1) is 33.2. The van der Waals surface area contributed by atoms with E-state index in [9.17, 15) is 28.1 Å². The number of halogens is 2. The third-order valence-electron chi connectivity index (χ3n) is 7.69. The largest absolute Gasteiger partial charge is 0.352 e. The fourth-order valence-corrected chi connectivity index (χ4v) is 7.26. The van der Waals surface area contributed by atoms with Crippen molar-refractivity contribution in [2.75, 3.05) is 10.8 Å². The minimum Gasteiger partial charge on any atom is -0.352 e. The summed E-state index contributed by atoms with van der Waals surface area (Å²) in [6, 6.07) is 16.4. The van der Waals surface area contributed by atoms with E-state index >= 15 is 0 Å². The molecule has 4 rings (SSSR count). The monoisotopic (exact) mass is 660 g/mol. The van der Waals surface area contributed by atoms with Gasteiger partial charge in [-0.3, -0.25) is 24.0 Å². The van der Waals surface area contributed by atoms with Crippen LogP contribution in [0.15, 0.2) is 77.7 Å². The van der Waals surface area contributed by atoms with Gasteiger partial charge in [0, 0.05) is 40.3 Å². The van der Waals surface area contributed by atoms with Crippen molar-refractivity contribution in [3.8, 4) is 0 Å². The van der Waals surface area contributed by atoms with Crippen molar-refractivity contribution in [1.29, 1.82) is 0 Å². The van der Waals surface area contributed by atoms with Gasteiger partial charge in [0.1, 0.15) is 12.6 Å². The lowest BCUT2D eigenvalue weighted by Crippen LogP contribution is -2.54. The van der Waals surface area contributed by atoms with Gasteiger partial charge in [0.05, 0.1) is 15.5 Å². The maximum absolute atomic E-state index is 14.2. The van der Waals surface area contributed by atoms with Crippen LogP contribution in [0.25, 0.3) is 0 Å². The zero-order valence-corrected chi connectivity index (χ0v) is 26.5. The summed E-state index contributed by atoms with van der Waals surface area (Å²) in [7, 11) is -4.32. The smallest absolute Gasteiger partial charge is 0.269 e. The highest BCUT2D eigenvalue weighted by Crippen LogP contribution is 2.30. The molecule has 0 saturated heterocycles. The Morgan fingerprint density at radius 2 is 1.57 bits per heavy atom. The molecule has 1 atom stereocenters. The molecule has 1 N–H and O–H groups in total. The summed E-state index contributed by atoms with van der Waals surface area (Å²) >= 11 is 12.9. The van der Waals surface area contributed by atoms with Gasteiger partial charge in [-0.25, -0.2) is 8.42 Å². The molecule has 3 aromatic rings. The van der Waals surface area contributed by atoms with Crippen LogP contribution in [0.2, 0.25) is 10.0 Å². The number of carbonyl (C=O) groups excluding carboxylic acids is 2. The summed E-state index contributed by atoms with van der Waals surface area (Å²) in [5.74, 6) is -1.02. The molecule has 0 bridgehead atoms. The molecule has 0 aliphatic heterocycles. The summed E-state index contributed by atoms with van der Waals surface area (Å²) in [4.78, 5) is 39.8. The van der Waals surface area contributed by atoms with E-state index in [-0.39, 0.29) is 41.2 Å². The van der Waals surface area contributed by atoms with Gasteiger partial charge in [0.2, 0.25) is 11.8 Å². The number of hydrogen-bond acceptors (Lipinski definition) is 6. The molecule has 10 nitrogen and oxygen atoms in total. The van der Waals surface area contributed by atoms with Crippen LogP contribution < -0.4 is 9.62 Å². The van der Waals surface area contributed by atoms with Crippen LogP contribution in [0, 0.1) is 10.1 Å². The van der Waals surface area contributed by atoms with Crippen molar-refractivity contribution in [1.82, 2.24) is 10.2 Å². The molecular formula is C31H34Cl2N4O6S. The third-order valence-corrected chi connectivity index (χ3v) is 10.2. The highest BCUT2D eigenvalue weighted by Gasteiger charge is 2.35. The SMILES string of the molecule is CC[C@@H](C(=O)NC1CCCCC1)N(Cc1c(Cl)cccc1Cl)C(=O)CN(c1ccc([N+](=O)[O-])cc1)S(=O)(=O)c1ccccc1. The lowest BCUT2D eigenvalue weighted by atomic mass is 9.95. The number of benzene rings is 3. The van der Waals surface area contributed by atoms with Crippen LogP contribution in [0.1, 0.15) is 51.0 Å². The second-order valence-corrected chi connectivity index (χ2v) is 13.3.